The van der Waals surface area contributed by atoms with Gasteiger partial charge in [0.1, 0.15) is 5.69 Å². The van der Waals surface area contributed by atoms with Crippen LogP contribution in [0.3, 0.4) is 0 Å². The standard InChI is InChI=1S/C11H18N4O2/c1-3-8-9(12)10(14(2)13-8)11(17)15-5-4-7(16)6-15/h7,16H,3-6,12H2,1-2H3/t7-/m0/s1. The van der Waals surface area contributed by atoms with Gasteiger partial charge in [-0.3, -0.25) is 9.48 Å². The molecule has 0 bridgehead atoms. The lowest BCUT2D eigenvalue weighted by Gasteiger charge is -2.15. The fraction of sp³-hybridized carbons (Fsp3) is 0.636. The molecule has 2 heterocycles. The van der Waals surface area contributed by atoms with Crippen LogP contribution in [0, 0.1) is 0 Å². The molecule has 0 aliphatic carbocycles. The van der Waals surface area contributed by atoms with Gasteiger partial charge in [-0.25, -0.2) is 0 Å². The summed E-state index contributed by atoms with van der Waals surface area (Å²) in [5.74, 6) is -0.145. The zero-order valence-corrected chi connectivity index (χ0v) is 10.2. The predicted molar refractivity (Wildman–Crippen MR) is 63.5 cm³/mol. The minimum atomic E-state index is -0.418. The van der Waals surface area contributed by atoms with E-state index in [1.807, 2.05) is 6.92 Å². The van der Waals surface area contributed by atoms with E-state index in [-0.39, 0.29) is 5.91 Å². The van der Waals surface area contributed by atoms with Crippen molar-refractivity contribution in [1.82, 2.24) is 14.7 Å². The number of anilines is 1. The van der Waals surface area contributed by atoms with E-state index in [4.69, 9.17) is 5.73 Å². The number of amides is 1. The molecule has 1 aliphatic rings. The third kappa shape index (κ3) is 2.00. The number of aromatic nitrogens is 2. The Labute approximate surface area is 100 Å². The van der Waals surface area contributed by atoms with Crippen molar-refractivity contribution in [2.24, 2.45) is 7.05 Å². The number of β-amino-alcohol motifs (C(OH)–C–C–N with tert-alkyl or cyclic N) is 1. The van der Waals surface area contributed by atoms with E-state index in [1.165, 1.54) is 4.68 Å². The first-order valence-corrected chi connectivity index (χ1v) is 5.83. The minimum absolute atomic E-state index is 0.145. The Bertz CT molecular complexity index is 441. The van der Waals surface area contributed by atoms with Crippen molar-refractivity contribution in [3.05, 3.63) is 11.4 Å². The molecule has 0 aromatic carbocycles. The lowest BCUT2D eigenvalue weighted by atomic mass is 10.2. The van der Waals surface area contributed by atoms with Gasteiger partial charge in [-0.1, -0.05) is 6.92 Å². The van der Waals surface area contributed by atoms with Gasteiger partial charge in [0.2, 0.25) is 0 Å². The van der Waals surface area contributed by atoms with Crippen molar-refractivity contribution in [2.45, 2.75) is 25.9 Å². The van der Waals surface area contributed by atoms with E-state index < -0.39 is 6.10 Å². The molecule has 0 unspecified atom stereocenters. The number of aliphatic hydroxyl groups is 1. The average Bonchev–Trinajstić information content (AvgIpc) is 2.83. The summed E-state index contributed by atoms with van der Waals surface area (Å²) in [5.41, 5.74) is 7.56. The Hall–Kier alpha value is -1.56. The predicted octanol–water partition coefficient (Wildman–Crippen LogP) is -0.228. The van der Waals surface area contributed by atoms with Crippen LogP contribution < -0.4 is 5.73 Å². The highest BCUT2D eigenvalue weighted by Gasteiger charge is 2.29. The molecule has 0 saturated carbocycles. The van der Waals surface area contributed by atoms with E-state index in [9.17, 15) is 9.90 Å². The van der Waals surface area contributed by atoms with Crippen LogP contribution in [0.4, 0.5) is 5.69 Å². The van der Waals surface area contributed by atoms with Crippen molar-refractivity contribution in [3.8, 4) is 0 Å². The largest absolute Gasteiger partial charge is 0.395 e. The van der Waals surface area contributed by atoms with Crippen LogP contribution in [0.25, 0.3) is 0 Å². The van der Waals surface area contributed by atoms with Crippen LogP contribution in [0.15, 0.2) is 0 Å². The van der Waals surface area contributed by atoms with Gasteiger partial charge in [0, 0.05) is 20.1 Å². The molecule has 1 fully saturated rings. The highest BCUT2D eigenvalue weighted by molar-refractivity contribution is 5.98. The third-order valence-corrected chi connectivity index (χ3v) is 3.15. The fourth-order valence-corrected chi connectivity index (χ4v) is 2.19. The van der Waals surface area contributed by atoms with Crippen LogP contribution in [0.2, 0.25) is 0 Å². The molecule has 3 N–H and O–H groups in total. The second-order valence-electron chi connectivity index (χ2n) is 4.38. The number of hydrogen-bond acceptors (Lipinski definition) is 4. The van der Waals surface area contributed by atoms with E-state index in [1.54, 1.807) is 11.9 Å². The fourth-order valence-electron chi connectivity index (χ4n) is 2.19. The maximum absolute atomic E-state index is 12.2. The number of nitrogen functional groups attached to an aromatic ring is 1. The van der Waals surface area contributed by atoms with Crippen molar-refractivity contribution in [2.75, 3.05) is 18.8 Å². The van der Waals surface area contributed by atoms with Gasteiger partial charge in [-0.05, 0) is 12.8 Å². The highest BCUT2D eigenvalue weighted by atomic mass is 16.3. The number of rotatable bonds is 2. The van der Waals surface area contributed by atoms with Gasteiger partial charge in [-0.2, -0.15) is 5.10 Å². The van der Waals surface area contributed by atoms with E-state index in [0.717, 1.165) is 5.69 Å². The molecule has 1 aliphatic heterocycles. The summed E-state index contributed by atoms with van der Waals surface area (Å²) >= 11 is 0. The molecule has 1 aromatic heterocycles. The molecule has 2 rings (SSSR count). The number of nitrogens with zero attached hydrogens (tertiary/aromatic N) is 3. The van der Waals surface area contributed by atoms with Crippen LogP contribution in [-0.4, -0.2) is 44.9 Å². The Morgan fingerprint density at radius 2 is 2.35 bits per heavy atom. The molecule has 0 spiro atoms. The van der Waals surface area contributed by atoms with Gasteiger partial charge in [0.15, 0.2) is 0 Å². The summed E-state index contributed by atoms with van der Waals surface area (Å²) in [6, 6.07) is 0. The second kappa shape index (κ2) is 4.37. The van der Waals surface area contributed by atoms with Crippen LogP contribution in [0.5, 0.6) is 0 Å². The maximum atomic E-state index is 12.2. The first-order chi connectivity index (χ1) is 8.04. The molecular weight excluding hydrogens is 220 g/mol. The summed E-state index contributed by atoms with van der Waals surface area (Å²) in [7, 11) is 1.72. The number of aryl methyl sites for hydroxylation is 2. The molecule has 1 saturated heterocycles. The zero-order chi connectivity index (χ0) is 12.6. The SMILES string of the molecule is CCc1nn(C)c(C(=O)N2CC[C@H](O)C2)c1N. The minimum Gasteiger partial charge on any atom is -0.395 e. The van der Waals surface area contributed by atoms with Gasteiger partial charge < -0.3 is 15.7 Å². The van der Waals surface area contributed by atoms with Crippen LogP contribution in [0.1, 0.15) is 29.5 Å². The smallest absolute Gasteiger partial charge is 0.274 e. The third-order valence-electron chi connectivity index (χ3n) is 3.15. The summed E-state index contributed by atoms with van der Waals surface area (Å²) in [6.45, 7) is 2.91. The summed E-state index contributed by atoms with van der Waals surface area (Å²) in [4.78, 5) is 13.9. The number of nitrogens with two attached hydrogens (primary N) is 1. The lowest BCUT2D eigenvalue weighted by molar-refractivity contribution is 0.0755. The second-order valence-corrected chi connectivity index (χ2v) is 4.38. The van der Waals surface area contributed by atoms with Gasteiger partial charge in [0.05, 0.1) is 17.5 Å². The van der Waals surface area contributed by atoms with Crippen molar-refractivity contribution >= 4 is 11.6 Å². The molecule has 1 aromatic rings. The van der Waals surface area contributed by atoms with Crippen molar-refractivity contribution in [1.29, 1.82) is 0 Å². The molecular formula is C11H18N4O2. The average molecular weight is 238 g/mol. The monoisotopic (exact) mass is 238 g/mol. The summed E-state index contributed by atoms with van der Waals surface area (Å²) < 4.78 is 1.53. The van der Waals surface area contributed by atoms with E-state index >= 15 is 0 Å². The van der Waals surface area contributed by atoms with Gasteiger partial charge in [-0.15, -0.1) is 0 Å². The van der Waals surface area contributed by atoms with Crippen molar-refractivity contribution in [3.63, 3.8) is 0 Å². The normalized spacial score (nSPS) is 19.9. The molecule has 17 heavy (non-hydrogen) atoms. The van der Waals surface area contributed by atoms with E-state index in [0.29, 0.717) is 37.3 Å². The number of aliphatic hydroxyl groups excluding tert-OH is 1. The first-order valence-electron chi connectivity index (χ1n) is 5.83. The van der Waals surface area contributed by atoms with Gasteiger partial charge in [0.25, 0.3) is 5.91 Å². The summed E-state index contributed by atoms with van der Waals surface area (Å²) in [5, 5.41) is 13.7. The number of hydrogen-bond donors (Lipinski definition) is 2. The molecule has 6 heteroatoms. The lowest BCUT2D eigenvalue weighted by Crippen LogP contribution is -2.31. The molecule has 1 amide bonds. The number of carbonyl (C=O) groups excluding carboxylic acids is 1. The van der Waals surface area contributed by atoms with Gasteiger partial charge >= 0.3 is 0 Å². The Morgan fingerprint density at radius 1 is 1.65 bits per heavy atom. The Morgan fingerprint density at radius 3 is 2.82 bits per heavy atom. The summed E-state index contributed by atoms with van der Waals surface area (Å²) in [6.07, 6.45) is 0.915. The molecule has 0 radical (unpaired) electrons. The number of likely N-dealkylation sites (tertiary alicyclic amines) is 1. The molecule has 6 nitrogen and oxygen atoms in total. The van der Waals surface area contributed by atoms with Crippen LogP contribution >= 0.6 is 0 Å². The Kier molecular flexibility index (Phi) is 3.06. The van der Waals surface area contributed by atoms with Crippen LogP contribution in [-0.2, 0) is 13.5 Å². The number of carbonyl (C=O) groups is 1. The maximum Gasteiger partial charge on any atom is 0.274 e. The molecule has 94 valence electrons. The quantitative estimate of drug-likeness (QED) is 0.745. The van der Waals surface area contributed by atoms with E-state index in [2.05, 4.69) is 5.10 Å². The first kappa shape index (κ1) is 11.9. The Balaban J connectivity index is 2.28. The molecule has 1 atom stereocenters. The topological polar surface area (TPSA) is 84.4 Å². The van der Waals surface area contributed by atoms with Crippen molar-refractivity contribution < 1.29 is 9.90 Å². The highest BCUT2D eigenvalue weighted by Crippen LogP contribution is 2.21. The zero-order valence-electron chi connectivity index (χ0n) is 10.2.